The van der Waals surface area contributed by atoms with Crippen LogP contribution in [-0.2, 0) is 11.2 Å². The molecule has 0 fully saturated rings. The van der Waals surface area contributed by atoms with Gasteiger partial charge in [0.2, 0.25) is 0 Å². The molecule has 3 N–H and O–H groups in total. The highest BCUT2D eigenvalue weighted by Gasteiger charge is 2.56. The van der Waals surface area contributed by atoms with Crippen molar-refractivity contribution in [2.24, 2.45) is 11.7 Å². The van der Waals surface area contributed by atoms with Crippen molar-refractivity contribution in [3.05, 3.63) is 29.8 Å². The summed E-state index contributed by atoms with van der Waals surface area (Å²) in [6, 6.07) is 8.52. The number of fused-ring (bicyclic) bond motifs is 1. The molecule has 1 aromatic carbocycles. The molecule has 1 aromatic rings. The van der Waals surface area contributed by atoms with Crippen molar-refractivity contribution in [2.45, 2.75) is 122 Å². The van der Waals surface area contributed by atoms with Crippen molar-refractivity contribution in [3.63, 3.8) is 0 Å². The first-order valence-corrected chi connectivity index (χ1v) is 13.3. The molecule has 0 aromatic heterocycles. The largest absolute Gasteiger partial charge is 0.480 e. The van der Waals surface area contributed by atoms with Gasteiger partial charge < -0.3 is 15.7 Å². The van der Waals surface area contributed by atoms with Crippen LogP contribution in [0.15, 0.2) is 24.3 Å². The summed E-state index contributed by atoms with van der Waals surface area (Å²) in [7, 11) is 0. The highest BCUT2D eigenvalue weighted by atomic mass is 16.4. The van der Waals surface area contributed by atoms with Crippen molar-refractivity contribution in [1.29, 1.82) is 0 Å². The van der Waals surface area contributed by atoms with Crippen LogP contribution < -0.4 is 10.6 Å². The topological polar surface area (TPSA) is 66.6 Å². The molecular weight excluding hydrogens is 396 g/mol. The van der Waals surface area contributed by atoms with E-state index >= 15 is 0 Å². The molecule has 4 heteroatoms. The van der Waals surface area contributed by atoms with Crippen molar-refractivity contribution >= 4 is 11.7 Å². The van der Waals surface area contributed by atoms with Crippen LogP contribution in [0.5, 0.6) is 0 Å². The fourth-order valence-electron chi connectivity index (χ4n) is 6.14. The average Bonchev–Trinajstić information content (AvgIpc) is 2.86. The summed E-state index contributed by atoms with van der Waals surface area (Å²) in [6.07, 6.45) is 13.9. The number of hydrogen-bond acceptors (Lipinski definition) is 3. The maximum atomic E-state index is 12.2. The zero-order valence-corrected chi connectivity index (χ0v) is 21.2. The minimum Gasteiger partial charge on any atom is -0.480 e. The summed E-state index contributed by atoms with van der Waals surface area (Å²) < 4.78 is 0. The molecule has 0 saturated heterocycles. The number of aliphatic carboxylic acids is 1. The molecule has 182 valence electrons. The Kier molecular flexibility index (Phi) is 10.5. The van der Waals surface area contributed by atoms with Crippen molar-refractivity contribution in [3.8, 4) is 0 Å². The van der Waals surface area contributed by atoms with E-state index in [2.05, 4.69) is 56.9 Å². The van der Waals surface area contributed by atoms with Crippen LogP contribution in [0.1, 0.15) is 110 Å². The summed E-state index contributed by atoms with van der Waals surface area (Å²) in [5, 5.41) is 10.0. The van der Waals surface area contributed by atoms with E-state index < -0.39 is 11.5 Å². The van der Waals surface area contributed by atoms with Gasteiger partial charge in [0, 0.05) is 11.2 Å². The minimum atomic E-state index is -0.762. The number of anilines is 1. The predicted octanol–water partition coefficient (Wildman–Crippen LogP) is 6.95. The molecule has 0 aliphatic carbocycles. The first kappa shape index (κ1) is 26.7. The quantitative estimate of drug-likeness (QED) is 0.326. The van der Waals surface area contributed by atoms with Crippen LogP contribution in [0.2, 0.25) is 0 Å². The summed E-state index contributed by atoms with van der Waals surface area (Å²) >= 11 is 0. The van der Waals surface area contributed by atoms with Crippen LogP contribution >= 0.6 is 0 Å². The van der Waals surface area contributed by atoms with Gasteiger partial charge in [-0.1, -0.05) is 97.3 Å². The van der Waals surface area contributed by atoms with Crippen LogP contribution in [0.3, 0.4) is 0 Å². The van der Waals surface area contributed by atoms with Gasteiger partial charge in [0.15, 0.2) is 0 Å². The molecule has 0 spiro atoms. The molecule has 0 saturated carbocycles. The molecule has 1 heterocycles. The third-order valence-corrected chi connectivity index (χ3v) is 7.89. The Morgan fingerprint density at radius 1 is 0.969 bits per heavy atom. The van der Waals surface area contributed by atoms with Gasteiger partial charge in [-0.15, -0.1) is 0 Å². The Bertz CT molecular complexity index is 696. The van der Waals surface area contributed by atoms with E-state index in [9.17, 15) is 9.90 Å². The van der Waals surface area contributed by atoms with Crippen molar-refractivity contribution in [2.75, 3.05) is 11.4 Å². The Morgan fingerprint density at radius 3 is 2.09 bits per heavy atom. The summed E-state index contributed by atoms with van der Waals surface area (Å²) in [5.74, 6) is -0.398. The van der Waals surface area contributed by atoms with Gasteiger partial charge in [0.1, 0.15) is 6.54 Å². The zero-order chi connectivity index (χ0) is 23.6. The van der Waals surface area contributed by atoms with Crippen LogP contribution in [0, 0.1) is 5.92 Å². The molecule has 1 aliphatic heterocycles. The maximum absolute atomic E-state index is 12.2. The second-order valence-electron chi connectivity index (χ2n) is 10.0. The van der Waals surface area contributed by atoms with Gasteiger partial charge in [0.05, 0.1) is 5.54 Å². The minimum absolute atomic E-state index is 0.0238. The predicted molar refractivity (Wildman–Crippen MR) is 136 cm³/mol. The van der Waals surface area contributed by atoms with E-state index in [0.29, 0.717) is 5.92 Å². The van der Waals surface area contributed by atoms with Gasteiger partial charge in [-0.25, -0.2) is 0 Å². The van der Waals surface area contributed by atoms with Gasteiger partial charge in [-0.05, 0) is 49.7 Å². The van der Waals surface area contributed by atoms with Crippen molar-refractivity contribution in [1.82, 2.24) is 0 Å². The molecule has 32 heavy (non-hydrogen) atoms. The molecule has 0 bridgehead atoms. The molecular formula is C28H48N2O2. The highest BCUT2D eigenvalue weighted by molar-refractivity contribution is 5.76. The van der Waals surface area contributed by atoms with E-state index in [-0.39, 0.29) is 12.1 Å². The first-order chi connectivity index (χ1) is 15.4. The molecule has 0 amide bonds. The van der Waals surface area contributed by atoms with Crippen LogP contribution in [-0.4, -0.2) is 28.7 Å². The average molecular weight is 445 g/mol. The smallest absolute Gasteiger partial charge is 0.323 e. The summed E-state index contributed by atoms with van der Waals surface area (Å²) in [4.78, 5) is 14.5. The molecule has 2 rings (SSSR count). The highest BCUT2D eigenvalue weighted by Crippen LogP contribution is 2.51. The zero-order valence-electron chi connectivity index (χ0n) is 21.2. The number of benzene rings is 1. The van der Waals surface area contributed by atoms with Gasteiger partial charge >= 0.3 is 5.97 Å². The lowest BCUT2D eigenvalue weighted by Gasteiger charge is -2.57. The lowest BCUT2D eigenvalue weighted by atomic mass is 9.60. The molecule has 0 radical (unpaired) electrons. The third-order valence-electron chi connectivity index (χ3n) is 7.89. The van der Waals surface area contributed by atoms with E-state index in [1.807, 2.05) is 0 Å². The summed E-state index contributed by atoms with van der Waals surface area (Å²) in [6.45, 7) is 8.99. The van der Waals surface area contributed by atoms with Crippen molar-refractivity contribution < 1.29 is 9.90 Å². The van der Waals surface area contributed by atoms with E-state index in [4.69, 9.17) is 5.73 Å². The molecule has 2 unspecified atom stereocenters. The Hall–Kier alpha value is -1.55. The SMILES string of the molecule is CCCCC1Cc2ccccc2N(CC(=O)O)C(CCCC)(CCCC)C1(N)CCCC. The fourth-order valence-corrected chi connectivity index (χ4v) is 6.14. The van der Waals surface area contributed by atoms with Gasteiger partial charge in [0.25, 0.3) is 0 Å². The molecule has 1 aliphatic rings. The van der Waals surface area contributed by atoms with Gasteiger partial charge in [-0.2, -0.15) is 0 Å². The molecule has 4 nitrogen and oxygen atoms in total. The fraction of sp³-hybridized carbons (Fsp3) is 0.750. The van der Waals surface area contributed by atoms with Gasteiger partial charge in [-0.3, -0.25) is 4.79 Å². The summed E-state index contributed by atoms with van der Waals surface area (Å²) in [5.41, 5.74) is 9.34. The Labute approximate surface area is 197 Å². The number of unbranched alkanes of at least 4 members (excludes halogenated alkanes) is 4. The number of nitrogens with two attached hydrogens (primary N) is 1. The number of carboxylic acids is 1. The number of carbonyl (C=O) groups is 1. The lowest BCUT2D eigenvalue weighted by molar-refractivity contribution is -0.135. The maximum Gasteiger partial charge on any atom is 0.323 e. The third kappa shape index (κ3) is 5.68. The molecule has 2 atom stereocenters. The lowest BCUT2D eigenvalue weighted by Crippen LogP contribution is -2.72. The number of hydrogen-bond donors (Lipinski definition) is 2. The number of rotatable bonds is 14. The van der Waals surface area contributed by atoms with E-state index in [1.165, 1.54) is 12.0 Å². The van der Waals surface area contributed by atoms with E-state index in [1.54, 1.807) is 0 Å². The Morgan fingerprint density at radius 2 is 1.53 bits per heavy atom. The standard InChI is InChI=1S/C28H48N2O2/c1-5-9-16-24-21-23-15-13-14-17-25(23)30(22-26(31)32)27(18-10-6-2,19-11-7-3)28(24,29)20-12-8-4/h13-15,17,24H,5-12,16,18-22,29H2,1-4H3,(H,31,32). The Balaban J connectivity index is 2.80. The van der Waals surface area contributed by atoms with E-state index in [0.717, 1.165) is 82.7 Å². The number of nitrogens with zero attached hydrogens (tertiary/aromatic N) is 1. The van der Waals surface area contributed by atoms with Crippen LogP contribution in [0.25, 0.3) is 0 Å². The monoisotopic (exact) mass is 444 g/mol. The van der Waals surface area contributed by atoms with Crippen LogP contribution in [0.4, 0.5) is 5.69 Å². The normalized spacial score (nSPS) is 22.4. The number of carboxylic acid groups (broad SMARTS) is 1. The number of para-hydroxylation sites is 1. The first-order valence-electron chi connectivity index (χ1n) is 13.3. The second-order valence-corrected chi connectivity index (χ2v) is 10.0. The second kappa shape index (κ2) is 12.6.